The minimum absolute atomic E-state index is 0. The van der Waals surface area contributed by atoms with Gasteiger partial charge in [0, 0.05) is 19.7 Å². The van der Waals surface area contributed by atoms with Crippen LogP contribution in [0.4, 0.5) is 0 Å². The summed E-state index contributed by atoms with van der Waals surface area (Å²) in [5.74, 6) is 0.488. The Bertz CT molecular complexity index is 291. The van der Waals surface area contributed by atoms with Crippen molar-refractivity contribution in [2.75, 3.05) is 19.7 Å². The lowest BCUT2D eigenvalue weighted by Gasteiger charge is -2.31. The van der Waals surface area contributed by atoms with Crippen LogP contribution in [0.15, 0.2) is 30.3 Å². The summed E-state index contributed by atoms with van der Waals surface area (Å²) < 4.78 is 0. The van der Waals surface area contributed by atoms with Crippen molar-refractivity contribution in [1.29, 1.82) is 0 Å². The van der Waals surface area contributed by atoms with Crippen molar-refractivity contribution in [1.82, 2.24) is 4.90 Å². The van der Waals surface area contributed by atoms with Gasteiger partial charge in [-0.25, -0.2) is 0 Å². The number of aliphatic hydroxyl groups is 1. The molecule has 90 valence electrons. The van der Waals surface area contributed by atoms with Gasteiger partial charge in [-0.1, -0.05) is 30.3 Å². The molecule has 0 saturated carbocycles. The van der Waals surface area contributed by atoms with Gasteiger partial charge in [0.05, 0.1) is 0 Å². The molecule has 1 heterocycles. The molecule has 0 radical (unpaired) electrons. The number of hydrogen-bond acceptors (Lipinski definition) is 2. The van der Waals surface area contributed by atoms with Gasteiger partial charge in [-0.15, -0.1) is 12.4 Å². The third kappa shape index (κ3) is 3.78. The van der Waals surface area contributed by atoms with Gasteiger partial charge < -0.3 is 5.11 Å². The minimum atomic E-state index is 0. The summed E-state index contributed by atoms with van der Waals surface area (Å²) in [5, 5.41) is 9.15. The van der Waals surface area contributed by atoms with Gasteiger partial charge in [-0.2, -0.15) is 0 Å². The molecular formula is C13H20ClNO. The molecule has 0 bridgehead atoms. The van der Waals surface area contributed by atoms with E-state index in [1.165, 1.54) is 24.9 Å². The van der Waals surface area contributed by atoms with E-state index >= 15 is 0 Å². The molecule has 1 aromatic rings. The summed E-state index contributed by atoms with van der Waals surface area (Å²) in [5.41, 5.74) is 1.37. The zero-order valence-electron chi connectivity index (χ0n) is 9.51. The first-order valence-electron chi connectivity index (χ1n) is 5.75. The van der Waals surface area contributed by atoms with Crippen molar-refractivity contribution in [2.45, 2.75) is 19.4 Å². The quantitative estimate of drug-likeness (QED) is 0.878. The van der Waals surface area contributed by atoms with E-state index in [1.54, 1.807) is 0 Å². The highest BCUT2D eigenvalue weighted by molar-refractivity contribution is 5.85. The van der Waals surface area contributed by atoms with Crippen LogP contribution in [0.25, 0.3) is 0 Å². The highest BCUT2D eigenvalue weighted by Gasteiger charge is 2.18. The Kier molecular flexibility index (Phi) is 5.81. The molecule has 2 nitrogen and oxygen atoms in total. The van der Waals surface area contributed by atoms with E-state index in [9.17, 15) is 0 Å². The van der Waals surface area contributed by atoms with Crippen molar-refractivity contribution < 1.29 is 5.11 Å². The molecule has 2 rings (SSSR count). The average Bonchev–Trinajstić information content (AvgIpc) is 2.31. The molecule has 1 unspecified atom stereocenters. The van der Waals surface area contributed by atoms with Gasteiger partial charge in [0.1, 0.15) is 0 Å². The third-order valence-electron chi connectivity index (χ3n) is 3.11. The largest absolute Gasteiger partial charge is 0.396 e. The van der Waals surface area contributed by atoms with E-state index in [-0.39, 0.29) is 12.4 Å². The van der Waals surface area contributed by atoms with Gasteiger partial charge in [0.15, 0.2) is 0 Å². The molecule has 1 saturated heterocycles. The molecule has 1 N–H and O–H groups in total. The van der Waals surface area contributed by atoms with Crippen LogP contribution in [0.3, 0.4) is 0 Å². The number of piperidine rings is 1. The van der Waals surface area contributed by atoms with Crippen molar-refractivity contribution in [3.63, 3.8) is 0 Å². The SMILES string of the molecule is Cl.OCC1CCCN(Cc2ccccc2)C1. The summed E-state index contributed by atoms with van der Waals surface area (Å²) in [7, 11) is 0. The maximum absolute atomic E-state index is 9.15. The van der Waals surface area contributed by atoms with Crippen LogP contribution in [-0.4, -0.2) is 29.7 Å². The predicted molar refractivity (Wildman–Crippen MR) is 68.8 cm³/mol. The van der Waals surface area contributed by atoms with Crippen molar-refractivity contribution in [2.24, 2.45) is 5.92 Å². The maximum atomic E-state index is 9.15. The van der Waals surface area contributed by atoms with Gasteiger partial charge in [0.2, 0.25) is 0 Å². The predicted octanol–water partition coefficient (Wildman–Crippen LogP) is 2.31. The molecule has 1 aromatic carbocycles. The first-order chi connectivity index (χ1) is 7.38. The molecule has 3 heteroatoms. The summed E-state index contributed by atoms with van der Waals surface area (Å²) in [6.07, 6.45) is 2.40. The van der Waals surface area contributed by atoms with Crippen molar-refractivity contribution >= 4 is 12.4 Å². The number of benzene rings is 1. The van der Waals surface area contributed by atoms with Crippen LogP contribution in [0, 0.1) is 5.92 Å². The van der Waals surface area contributed by atoms with E-state index in [0.29, 0.717) is 12.5 Å². The van der Waals surface area contributed by atoms with Gasteiger partial charge in [-0.3, -0.25) is 4.90 Å². The summed E-state index contributed by atoms with van der Waals surface area (Å²) in [6.45, 7) is 3.58. The summed E-state index contributed by atoms with van der Waals surface area (Å²) in [4.78, 5) is 2.44. The van der Waals surface area contributed by atoms with Gasteiger partial charge in [0.25, 0.3) is 0 Å². The molecule has 0 aromatic heterocycles. The molecule has 1 atom stereocenters. The fraction of sp³-hybridized carbons (Fsp3) is 0.538. The molecule has 1 aliphatic heterocycles. The number of halogens is 1. The number of aliphatic hydroxyl groups excluding tert-OH is 1. The number of rotatable bonds is 3. The highest BCUT2D eigenvalue weighted by atomic mass is 35.5. The van der Waals surface area contributed by atoms with E-state index < -0.39 is 0 Å². The van der Waals surface area contributed by atoms with Crippen molar-refractivity contribution in [3.05, 3.63) is 35.9 Å². The second kappa shape index (κ2) is 6.89. The molecule has 16 heavy (non-hydrogen) atoms. The molecule has 1 fully saturated rings. The van der Waals surface area contributed by atoms with Crippen LogP contribution < -0.4 is 0 Å². The number of nitrogens with zero attached hydrogens (tertiary/aromatic N) is 1. The Morgan fingerprint density at radius 2 is 2.00 bits per heavy atom. The monoisotopic (exact) mass is 241 g/mol. The minimum Gasteiger partial charge on any atom is -0.396 e. The topological polar surface area (TPSA) is 23.5 Å². The lowest BCUT2D eigenvalue weighted by molar-refractivity contribution is 0.116. The normalized spacial score (nSPS) is 21.4. The lowest BCUT2D eigenvalue weighted by atomic mass is 9.98. The third-order valence-corrected chi connectivity index (χ3v) is 3.11. The smallest absolute Gasteiger partial charge is 0.0471 e. The van der Waals surface area contributed by atoms with E-state index in [2.05, 4.69) is 35.2 Å². The van der Waals surface area contributed by atoms with Crippen LogP contribution >= 0.6 is 12.4 Å². The summed E-state index contributed by atoms with van der Waals surface area (Å²) in [6, 6.07) is 10.6. The van der Waals surface area contributed by atoms with E-state index in [0.717, 1.165) is 13.1 Å². The second-order valence-corrected chi connectivity index (χ2v) is 4.41. The van der Waals surface area contributed by atoms with Gasteiger partial charge >= 0.3 is 0 Å². The van der Waals surface area contributed by atoms with Crippen LogP contribution in [-0.2, 0) is 6.54 Å². The van der Waals surface area contributed by atoms with Crippen molar-refractivity contribution in [3.8, 4) is 0 Å². The fourth-order valence-electron chi connectivity index (χ4n) is 2.29. The molecular weight excluding hydrogens is 222 g/mol. The molecule has 0 aliphatic carbocycles. The Labute approximate surface area is 104 Å². The first kappa shape index (κ1) is 13.5. The Morgan fingerprint density at radius 3 is 2.69 bits per heavy atom. The van der Waals surface area contributed by atoms with Gasteiger partial charge in [-0.05, 0) is 30.9 Å². The van der Waals surface area contributed by atoms with Crippen LogP contribution in [0.1, 0.15) is 18.4 Å². The number of hydrogen-bond donors (Lipinski definition) is 1. The zero-order valence-corrected chi connectivity index (χ0v) is 10.3. The standard InChI is InChI=1S/C13H19NO.ClH/c15-11-13-7-4-8-14(10-13)9-12-5-2-1-3-6-12;/h1-3,5-6,13,15H,4,7-11H2;1H. The average molecular weight is 242 g/mol. The van der Waals surface area contributed by atoms with Crippen LogP contribution in [0.5, 0.6) is 0 Å². The molecule has 0 amide bonds. The lowest BCUT2D eigenvalue weighted by Crippen LogP contribution is -2.36. The zero-order chi connectivity index (χ0) is 10.5. The Hall–Kier alpha value is -0.570. The Balaban J connectivity index is 0.00000128. The molecule has 0 spiro atoms. The maximum Gasteiger partial charge on any atom is 0.0471 e. The second-order valence-electron chi connectivity index (χ2n) is 4.41. The molecule has 1 aliphatic rings. The van der Waals surface area contributed by atoms with E-state index in [1.807, 2.05) is 0 Å². The highest BCUT2D eigenvalue weighted by Crippen LogP contribution is 2.17. The first-order valence-corrected chi connectivity index (χ1v) is 5.75. The van der Waals surface area contributed by atoms with E-state index in [4.69, 9.17) is 5.11 Å². The number of likely N-dealkylation sites (tertiary alicyclic amines) is 1. The fourth-order valence-corrected chi connectivity index (χ4v) is 2.29. The Morgan fingerprint density at radius 1 is 1.25 bits per heavy atom. The van der Waals surface area contributed by atoms with Crippen LogP contribution in [0.2, 0.25) is 0 Å². The summed E-state index contributed by atoms with van der Waals surface area (Å²) >= 11 is 0.